The molecular weight excluding hydrogens is 274 g/mol. The van der Waals surface area contributed by atoms with Crippen LogP contribution < -0.4 is 4.68 Å². The monoisotopic (exact) mass is 308 g/mol. The van der Waals surface area contributed by atoms with Gasteiger partial charge in [-0.05, 0) is 11.2 Å². The maximum atomic E-state index is 9.53. The molecule has 1 unspecified atom stereocenters. The Morgan fingerprint density at radius 2 is 1.64 bits per heavy atom. The number of unbranched alkanes of at least 4 members (excludes halogenated alkanes) is 10. The quantitative estimate of drug-likeness (QED) is 0.475. The first-order valence-electron chi connectivity index (χ1n) is 9.44. The van der Waals surface area contributed by atoms with E-state index in [4.69, 9.17) is 0 Å². The van der Waals surface area contributed by atoms with Gasteiger partial charge in [0, 0.05) is 11.5 Å². The van der Waals surface area contributed by atoms with Crippen molar-refractivity contribution in [3.05, 3.63) is 11.9 Å². The molecule has 1 atom stereocenters. The first-order chi connectivity index (χ1) is 10.8. The van der Waals surface area contributed by atoms with Crippen LogP contribution in [0, 0.1) is 0 Å². The van der Waals surface area contributed by atoms with E-state index in [9.17, 15) is 5.11 Å². The SMILES string of the molecule is CCCCCCCCCCCCCc1c[n+]2n(n1)CC(O)C2. The van der Waals surface area contributed by atoms with Crippen molar-refractivity contribution in [3.8, 4) is 0 Å². The molecule has 0 amide bonds. The van der Waals surface area contributed by atoms with Gasteiger partial charge in [0.2, 0.25) is 5.69 Å². The van der Waals surface area contributed by atoms with Gasteiger partial charge in [0.25, 0.3) is 0 Å². The van der Waals surface area contributed by atoms with Crippen molar-refractivity contribution in [2.75, 3.05) is 0 Å². The van der Waals surface area contributed by atoms with Gasteiger partial charge in [0.15, 0.2) is 6.20 Å². The lowest BCUT2D eigenvalue weighted by molar-refractivity contribution is -0.764. The normalized spacial score (nSPS) is 17.1. The largest absolute Gasteiger partial charge is 0.387 e. The fourth-order valence-electron chi connectivity index (χ4n) is 3.31. The van der Waals surface area contributed by atoms with Crippen LogP contribution in [-0.2, 0) is 19.5 Å². The number of aliphatic hydroxyl groups excluding tert-OH is 1. The zero-order chi connectivity index (χ0) is 15.6. The molecule has 4 nitrogen and oxygen atoms in total. The molecule has 1 N–H and O–H groups in total. The van der Waals surface area contributed by atoms with Crippen LogP contribution in [0.1, 0.15) is 83.2 Å². The fourth-order valence-corrected chi connectivity index (χ4v) is 3.31. The van der Waals surface area contributed by atoms with Crippen LogP contribution in [0.2, 0.25) is 0 Å². The van der Waals surface area contributed by atoms with Gasteiger partial charge >= 0.3 is 0 Å². The predicted octanol–water partition coefficient (Wildman–Crippen LogP) is 3.40. The van der Waals surface area contributed by atoms with Gasteiger partial charge in [-0.2, -0.15) is 4.68 Å². The van der Waals surface area contributed by atoms with Gasteiger partial charge in [-0.25, -0.2) is 0 Å². The summed E-state index contributed by atoms with van der Waals surface area (Å²) in [6.07, 6.45) is 18.2. The number of hydrogen-bond donors (Lipinski definition) is 1. The molecule has 0 bridgehead atoms. The van der Waals surface area contributed by atoms with Crippen molar-refractivity contribution in [2.45, 2.75) is 103 Å². The van der Waals surface area contributed by atoms with Crippen molar-refractivity contribution in [1.82, 2.24) is 9.90 Å². The summed E-state index contributed by atoms with van der Waals surface area (Å²) in [5.41, 5.74) is 1.18. The van der Waals surface area contributed by atoms with Gasteiger partial charge in [-0.3, -0.25) is 0 Å². The van der Waals surface area contributed by atoms with E-state index in [2.05, 4.69) is 18.2 Å². The van der Waals surface area contributed by atoms with E-state index >= 15 is 0 Å². The zero-order valence-electron chi connectivity index (χ0n) is 14.3. The van der Waals surface area contributed by atoms with Crippen molar-refractivity contribution < 1.29 is 9.79 Å². The molecule has 2 heterocycles. The summed E-state index contributed by atoms with van der Waals surface area (Å²) in [6.45, 7) is 3.63. The smallest absolute Gasteiger partial charge is 0.218 e. The average molecular weight is 308 g/mol. The van der Waals surface area contributed by atoms with E-state index in [1.165, 1.54) is 76.3 Å². The van der Waals surface area contributed by atoms with Crippen LogP contribution in [0.25, 0.3) is 0 Å². The molecule has 126 valence electrons. The summed E-state index contributed by atoms with van der Waals surface area (Å²) in [4.78, 5) is 1.90. The highest BCUT2D eigenvalue weighted by atomic mass is 16.3. The van der Waals surface area contributed by atoms with Crippen LogP contribution in [-0.4, -0.2) is 21.1 Å². The second-order valence-electron chi connectivity index (χ2n) is 6.84. The van der Waals surface area contributed by atoms with E-state index in [0.29, 0.717) is 13.1 Å². The molecule has 0 aromatic carbocycles. The molecule has 4 heteroatoms. The summed E-state index contributed by atoms with van der Waals surface area (Å²) in [5.74, 6) is 0. The van der Waals surface area contributed by atoms with Crippen LogP contribution in [0.15, 0.2) is 6.20 Å². The van der Waals surface area contributed by atoms with E-state index in [1.807, 2.05) is 9.48 Å². The second-order valence-corrected chi connectivity index (χ2v) is 6.84. The molecule has 1 aliphatic rings. The molecule has 0 fully saturated rings. The molecule has 0 radical (unpaired) electrons. The number of aryl methyl sites for hydroxylation is 1. The first-order valence-corrected chi connectivity index (χ1v) is 9.44. The lowest BCUT2D eigenvalue weighted by atomic mass is 10.0. The standard InChI is InChI=1S/C18H34N3O/c1-2-3-4-5-6-7-8-9-10-11-12-13-17-14-20-15-18(22)16-21(20)19-17/h14,18,22H,2-13,15-16H2,1H3/q+1. The van der Waals surface area contributed by atoms with Gasteiger partial charge in [0.05, 0.1) is 0 Å². The molecule has 0 saturated carbocycles. The summed E-state index contributed by atoms with van der Waals surface area (Å²) in [6, 6.07) is 0. The van der Waals surface area contributed by atoms with E-state index in [0.717, 1.165) is 6.42 Å². The van der Waals surface area contributed by atoms with E-state index < -0.39 is 0 Å². The minimum atomic E-state index is -0.247. The van der Waals surface area contributed by atoms with Gasteiger partial charge < -0.3 is 5.11 Å². The third-order valence-electron chi connectivity index (χ3n) is 4.65. The summed E-state index contributed by atoms with van der Waals surface area (Å²) < 4.78 is 2.04. The Labute approximate surface area is 135 Å². The number of aromatic nitrogens is 3. The first kappa shape index (κ1) is 17.5. The molecule has 2 rings (SSSR count). The van der Waals surface area contributed by atoms with Crippen molar-refractivity contribution >= 4 is 0 Å². The van der Waals surface area contributed by atoms with Crippen LogP contribution in [0.4, 0.5) is 0 Å². The highest BCUT2D eigenvalue weighted by Crippen LogP contribution is 2.12. The summed E-state index contributed by atoms with van der Waals surface area (Å²) in [7, 11) is 0. The minimum absolute atomic E-state index is 0.247. The van der Waals surface area contributed by atoms with Crippen LogP contribution in [0.3, 0.4) is 0 Å². The summed E-state index contributed by atoms with van der Waals surface area (Å²) >= 11 is 0. The zero-order valence-corrected chi connectivity index (χ0v) is 14.3. The Hall–Kier alpha value is -0.900. The minimum Gasteiger partial charge on any atom is -0.387 e. The molecule has 1 aromatic rings. The molecule has 0 saturated heterocycles. The predicted molar refractivity (Wildman–Crippen MR) is 88.6 cm³/mol. The van der Waals surface area contributed by atoms with Crippen LogP contribution in [0.5, 0.6) is 0 Å². The molecule has 1 aliphatic heterocycles. The van der Waals surface area contributed by atoms with Crippen molar-refractivity contribution in [3.63, 3.8) is 0 Å². The third-order valence-corrected chi connectivity index (χ3v) is 4.65. The molecule has 0 spiro atoms. The molecule has 0 aliphatic carbocycles. The second kappa shape index (κ2) is 9.98. The number of hydrogen-bond acceptors (Lipinski definition) is 2. The number of nitrogens with zero attached hydrogens (tertiary/aromatic N) is 3. The lowest BCUT2D eigenvalue weighted by Crippen LogP contribution is -2.37. The summed E-state index contributed by atoms with van der Waals surface area (Å²) in [5, 5.41) is 14.1. The lowest BCUT2D eigenvalue weighted by Gasteiger charge is -2.01. The highest BCUT2D eigenvalue weighted by Gasteiger charge is 2.27. The Kier molecular flexibility index (Phi) is 7.92. The Morgan fingerprint density at radius 1 is 1.05 bits per heavy atom. The number of rotatable bonds is 12. The number of aliphatic hydroxyl groups is 1. The van der Waals surface area contributed by atoms with Gasteiger partial charge in [-0.15, -0.1) is 0 Å². The number of fused-ring (bicyclic) bond motifs is 1. The van der Waals surface area contributed by atoms with Gasteiger partial charge in [-0.1, -0.05) is 71.1 Å². The molecule has 22 heavy (non-hydrogen) atoms. The van der Waals surface area contributed by atoms with Crippen molar-refractivity contribution in [2.24, 2.45) is 0 Å². The Morgan fingerprint density at radius 3 is 2.23 bits per heavy atom. The Balaban J connectivity index is 1.41. The fraction of sp³-hybridized carbons (Fsp3) is 0.889. The van der Waals surface area contributed by atoms with Crippen LogP contribution >= 0.6 is 0 Å². The van der Waals surface area contributed by atoms with Crippen molar-refractivity contribution in [1.29, 1.82) is 0 Å². The molecular formula is C18H34N3O+. The van der Waals surface area contributed by atoms with Gasteiger partial charge in [0.1, 0.15) is 19.2 Å². The molecule has 1 aromatic heterocycles. The average Bonchev–Trinajstić information content (AvgIpc) is 3.01. The van der Waals surface area contributed by atoms with E-state index in [-0.39, 0.29) is 6.10 Å². The highest BCUT2D eigenvalue weighted by molar-refractivity contribution is 4.88. The maximum absolute atomic E-state index is 9.53. The topological polar surface area (TPSA) is 41.9 Å². The Bertz CT molecular complexity index is 393. The van der Waals surface area contributed by atoms with E-state index in [1.54, 1.807) is 0 Å². The maximum Gasteiger partial charge on any atom is 0.218 e. The third kappa shape index (κ3) is 6.07.